The monoisotopic (exact) mass is 253 g/mol. The fourth-order valence-electron chi connectivity index (χ4n) is 3.69. The number of hydrogen-bond acceptors (Lipinski definition) is 2. The highest BCUT2D eigenvalue weighted by Crippen LogP contribution is 2.34. The molecule has 3 heteroatoms. The Morgan fingerprint density at radius 2 is 1.89 bits per heavy atom. The molecule has 0 spiro atoms. The summed E-state index contributed by atoms with van der Waals surface area (Å²) in [6, 6.07) is 0.829. The van der Waals surface area contributed by atoms with Gasteiger partial charge in [0, 0.05) is 12.5 Å². The van der Waals surface area contributed by atoms with Gasteiger partial charge in [-0.05, 0) is 63.5 Å². The Kier molecular flexibility index (Phi) is 5.04. The molecule has 1 N–H and O–H groups in total. The van der Waals surface area contributed by atoms with Crippen LogP contribution in [-0.2, 0) is 4.79 Å². The molecule has 0 aromatic carbocycles. The van der Waals surface area contributed by atoms with Crippen LogP contribution in [0.4, 0.5) is 0 Å². The van der Waals surface area contributed by atoms with Crippen LogP contribution in [0.5, 0.6) is 0 Å². The topological polar surface area (TPSA) is 40.5 Å². The van der Waals surface area contributed by atoms with Crippen LogP contribution in [0.1, 0.15) is 58.3 Å². The van der Waals surface area contributed by atoms with Gasteiger partial charge in [0.1, 0.15) is 0 Å². The van der Waals surface area contributed by atoms with Gasteiger partial charge in [-0.25, -0.2) is 0 Å². The third kappa shape index (κ3) is 3.71. The summed E-state index contributed by atoms with van der Waals surface area (Å²) in [7, 11) is 0. The van der Waals surface area contributed by atoms with Crippen LogP contribution >= 0.6 is 0 Å². The fraction of sp³-hybridized carbons (Fsp3) is 0.933. The van der Waals surface area contributed by atoms with Crippen LogP contribution < -0.4 is 0 Å². The van der Waals surface area contributed by atoms with Crippen molar-refractivity contribution in [2.45, 2.75) is 64.3 Å². The molecule has 104 valence electrons. The summed E-state index contributed by atoms with van der Waals surface area (Å²) >= 11 is 0. The van der Waals surface area contributed by atoms with E-state index in [-0.39, 0.29) is 0 Å². The molecule has 2 fully saturated rings. The van der Waals surface area contributed by atoms with Gasteiger partial charge in [0.2, 0.25) is 0 Å². The molecule has 2 aliphatic rings. The first-order valence-electron chi connectivity index (χ1n) is 7.65. The van der Waals surface area contributed by atoms with Crippen molar-refractivity contribution in [1.82, 2.24) is 4.90 Å². The van der Waals surface area contributed by atoms with Crippen molar-refractivity contribution in [3.63, 3.8) is 0 Å². The number of rotatable bonds is 5. The third-order valence-corrected chi connectivity index (χ3v) is 5.02. The van der Waals surface area contributed by atoms with Crippen molar-refractivity contribution in [2.24, 2.45) is 11.8 Å². The quantitative estimate of drug-likeness (QED) is 0.818. The zero-order chi connectivity index (χ0) is 13.0. The Hall–Kier alpha value is -0.570. The van der Waals surface area contributed by atoms with Crippen LogP contribution in [0, 0.1) is 11.8 Å². The maximum Gasteiger partial charge on any atom is 0.303 e. The lowest BCUT2D eigenvalue weighted by atomic mass is 9.91. The van der Waals surface area contributed by atoms with E-state index in [1.54, 1.807) is 0 Å². The number of nitrogens with zero attached hydrogens (tertiary/aromatic N) is 1. The second-order valence-electron chi connectivity index (χ2n) is 6.15. The molecule has 0 bridgehead atoms. The summed E-state index contributed by atoms with van der Waals surface area (Å²) in [6.07, 6.45) is 9.19. The van der Waals surface area contributed by atoms with Gasteiger partial charge in [-0.1, -0.05) is 13.3 Å². The molecule has 1 saturated heterocycles. The number of likely N-dealkylation sites (tertiary alicyclic amines) is 1. The lowest BCUT2D eigenvalue weighted by Crippen LogP contribution is -2.40. The normalized spacial score (nSPS) is 30.7. The van der Waals surface area contributed by atoms with E-state index in [4.69, 9.17) is 5.11 Å². The van der Waals surface area contributed by atoms with E-state index in [0.29, 0.717) is 12.3 Å². The van der Waals surface area contributed by atoms with E-state index in [0.717, 1.165) is 18.4 Å². The van der Waals surface area contributed by atoms with Crippen LogP contribution in [0.25, 0.3) is 0 Å². The molecular formula is C15H27NO2. The van der Waals surface area contributed by atoms with Crippen LogP contribution in [-0.4, -0.2) is 35.1 Å². The van der Waals surface area contributed by atoms with Crippen molar-refractivity contribution in [1.29, 1.82) is 0 Å². The van der Waals surface area contributed by atoms with Crippen molar-refractivity contribution in [3.8, 4) is 0 Å². The Morgan fingerprint density at radius 1 is 1.17 bits per heavy atom. The highest BCUT2D eigenvalue weighted by atomic mass is 16.4. The molecule has 3 nitrogen and oxygen atoms in total. The largest absolute Gasteiger partial charge is 0.481 e. The molecular weight excluding hydrogens is 226 g/mol. The lowest BCUT2D eigenvalue weighted by molar-refractivity contribution is -0.137. The van der Waals surface area contributed by atoms with Crippen LogP contribution in [0.15, 0.2) is 0 Å². The minimum Gasteiger partial charge on any atom is -0.481 e. The average molecular weight is 253 g/mol. The predicted molar refractivity (Wildman–Crippen MR) is 72.6 cm³/mol. The molecule has 1 saturated carbocycles. The maximum absolute atomic E-state index is 10.6. The van der Waals surface area contributed by atoms with E-state index in [1.807, 2.05) is 0 Å². The smallest absolute Gasteiger partial charge is 0.303 e. The number of aliphatic carboxylic acids is 1. The molecule has 2 unspecified atom stereocenters. The van der Waals surface area contributed by atoms with E-state index < -0.39 is 5.97 Å². The van der Waals surface area contributed by atoms with Crippen molar-refractivity contribution in [3.05, 3.63) is 0 Å². The Morgan fingerprint density at radius 3 is 2.44 bits per heavy atom. The average Bonchev–Trinajstić information content (AvgIpc) is 2.85. The molecule has 18 heavy (non-hydrogen) atoms. The molecule has 1 heterocycles. The summed E-state index contributed by atoms with van der Waals surface area (Å²) in [6.45, 7) is 4.71. The summed E-state index contributed by atoms with van der Waals surface area (Å²) < 4.78 is 0. The lowest BCUT2D eigenvalue weighted by Gasteiger charge is -2.36. The fourth-order valence-corrected chi connectivity index (χ4v) is 3.69. The minimum absolute atomic E-state index is 0.353. The number of hydrogen-bond donors (Lipinski definition) is 1. The van der Waals surface area contributed by atoms with Gasteiger partial charge in [-0.2, -0.15) is 0 Å². The van der Waals surface area contributed by atoms with Crippen molar-refractivity contribution >= 4 is 5.97 Å². The summed E-state index contributed by atoms with van der Waals surface area (Å²) in [5.41, 5.74) is 0. The molecule has 0 radical (unpaired) electrons. The van der Waals surface area contributed by atoms with Gasteiger partial charge in [0.25, 0.3) is 0 Å². The second-order valence-corrected chi connectivity index (χ2v) is 6.15. The maximum atomic E-state index is 10.6. The van der Waals surface area contributed by atoms with Gasteiger partial charge in [0.15, 0.2) is 0 Å². The van der Waals surface area contributed by atoms with Gasteiger partial charge in [-0.3, -0.25) is 4.79 Å². The molecule has 2 atom stereocenters. The Labute approximate surface area is 111 Å². The molecule has 1 aliphatic heterocycles. The summed E-state index contributed by atoms with van der Waals surface area (Å²) in [5, 5.41) is 8.71. The van der Waals surface area contributed by atoms with E-state index in [1.165, 1.54) is 51.6 Å². The third-order valence-electron chi connectivity index (χ3n) is 5.02. The number of piperidine rings is 1. The van der Waals surface area contributed by atoms with Crippen molar-refractivity contribution in [2.75, 3.05) is 13.1 Å². The number of carbonyl (C=O) groups is 1. The van der Waals surface area contributed by atoms with E-state index in [9.17, 15) is 4.79 Å². The molecule has 0 aromatic rings. The molecule has 2 rings (SSSR count). The van der Waals surface area contributed by atoms with Gasteiger partial charge in [-0.15, -0.1) is 0 Å². The molecule has 0 aromatic heterocycles. The predicted octanol–water partition coefficient (Wildman–Crippen LogP) is 3.14. The highest BCUT2D eigenvalue weighted by Gasteiger charge is 2.30. The zero-order valence-corrected chi connectivity index (χ0v) is 11.6. The van der Waals surface area contributed by atoms with Crippen molar-refractivity contribution < 1.29 is 9.90 Å². The first-order chi connectivity index (χ1) is 8.69. The SMILES string of the molecule is CCC1CCC(N2CCC(CCC(=O)O)CC2)C1. The molecule has 0 amide bonds. The Bertz CT molecular complexity index is 272. The number of carboxylic acid groups (broad SMARTS) is 1. The first kappa shape index (κ1) is 13.9. The Balaban J connectivity index is 1.69. The van der Waals surface area contributed by atoms with Gasteiger partial charge in [0.05, 0.1) is 0 Å². The van der Waals surface area contributed by atoms with E-state index in [2.05, 4.69) is 11.8 Å². The highest BCUT2D eigenvalue weighted by molar-refractivity contribution is 5.66. The van der Waals surface area contributed by atoms with Gasteiger partial charge >= 0.3 is 5.97 Å². The second kappa shape index (κ2) is 6.55. The number of carboxylic acids is 1. The summed E-state index contributed by atoms with van der Waals surface area (Å²) in [5.74, 6) is 0.972. The van der Waals surface area contributed by atoms with E-state index >= 15 is 0 Å². The van der Waals surface area contributed by atoms with Crippen LogP contribution in [0.2, 0.25) is 0 Å². The standard InChI is InChI=1S/C15H27NO2/c1-2-12-3-5-14(11-12)16-9-7-13(8-10-16)4-6-15(17)18/h12-14H,2-11H2,1H3,(H,17,18). The van der Waals surface area contributed by atoms with Gasteiger partial charge < -0.3 is 10.0 Å². The first-order valence-corrected chi connectivity index (χ1v) is 7.65. The summed E-state index contributed by atoms with van der Waals surface area (Å²) in [4.78, 5) is 13.2. The van der Waals surface area contributed by atoms with Crippen LogP contribution in [0.3, 0.4) is 0 Å². The zero-order valence-electron chi connectivity index (χ0n) is 11.6. The minimum atomic E-state index is -0.640. The molecule has 1 aliphatic carbocycles.